The number of rotatable bonds is 4. The van der Waals surface area contributed by atoms with Crippen molar-refractivity contribution in [1.82, 2.24) is 9.78 Å². The van der Waals surface area contributed by atoms with Crippen molar-refractivity contribution in [2.24, 2.45) is 5.92 Å². The Hall–Kier alpha value is -1.49. The Morgan fingerprint density at radius 3 is 2.79 bits per heavy atom. The van der Waals surface area contributed by atoms with Crippen LogP contribution in [0, 0.1) is 11.7 Å². The van der Waals surface area contributed by atoms with Gasteiger partial charge in [0, 0.05) is 18.3 Å². The molecule has 0 amide bonds. The molecule has 0 unspecified atom stereocenters. The summed E-state index contributed by atoms with van der Waals surface area (Å²) in [6.07, 6.45) is 2.45. The van der Waals surface area contributed by atoms with Gasteiger partial charge in [0.05, 0.1) is 10.0 Å². The van der Waals surface area contributed by atoms with E-state index in [-0.39, 0.29) is 5.82 Å². The molecule has 0 bridgehead atoms. The van der Waals surface area contributed by atoms with E-state index in [4.69, 9.17) is 0 Å². The molecule has 100 valence electrons. The van der Waals surface area contributed by atoms with Crippen LogP contribution < -0.4 is 0 Å². The maximum absolute atomic E-state index is 13.5. The summed E-state index contributed by atoms with van der Waals surface area (Å²) in [6.45, 7) is 4.86. The third-order valence-electron chi connectivity index (χ3n) is 2.66. The van der Waals surface area contributed by atoms with Crippen LogP contribution >= 0.6 is 15.9 Å². The first kappa shape index (κ1) is 13.9. The number of benzene rings is 1. The minimum absolute atomic E-state index is 0.368. The fraction of sp³-hybridized carbons (Fsp3) is 0.286. The molecule has 0 aliphatic carbocycles. The third kappa shape index (κ3) is 3.10. The largest absolute Gasteiger partial charge is 0.298 e. The average Bonchev–Trinajstić information content (AvgIpc) is 2.74. The number of aromatic nitrogens is 2. The lowest BCUT2D eigenvalue weighted by molar-refractivity contribution is 0.112. The molecule has 0 N–H and O–H groups in total. The van der Waals surface area contributed by atoms with Crippen LogP contribution in [0.4, 0.5) is 4.39 Å². The van der Waals surface area contributed by atoms with Crippen molar-refractivity contribution >= 4 is 22.2 Å². The normalized spacial score (nSPS) is 11.0. The summed E-state index contributed by atoms with van der Waals surface area (Å²) in [6, 6.07) is 4.72. The lowest BCUT2D eigenvalue weighted by Gasteiger charge is -2.04. The van der Waals surface area contributed by atoms with Crippen LogP contribution in [0.25, 0.3) is 11.3 Å². The zero-order chi connectivity index (χ0) is 14.0. The van der Waals surface area contributed by atoms with Gasteiger partial charge < -0.3 is 0 Å². The van der Waals surface area contributed by atoms with Crippen LogP contribution in [0.3, 0.4) is 0 Å². The van der Waals surface area contributed by atoms with E-state index >= 15 is 0 Å². The molecule has 3 nitrogen and oxygen atoms in total. The smallest absolute Gasteiger partial charge is 0.153 e. The molecule has 2 rings (SSSR count). The molecular weight excluding hydrogens is 311 g/mol. The molecule has 1 aromatic heterocycles. The summed E-state index contributed by atoms with van der Waals surface area (Å²) in [5.41, 5.74) is 1.59. The lowest BCUT2D eigenvalue weighted by Crippen LogP contribution is -2.04. The second-order valence-electron chi connectivity index (χ2n) is 4.80. The highest BCUT2D eigenvalue weighted by molar-refractivity contribution is 9.10. The van der Waals surface area contributed by atoms with Crippen molar-refractivity contribution in [3.05, 3.63) is 40.2 Å². The summed E-state index contributed by atoms with van der Waals surface area (Å²) in [7, 11) is 0. The second kappa shape index (κ2) is 5.65. The minimum Gasteiger partial charge on any atom is -0.298 e. The van der Waals surface area contributed by atoms with Crippen molar-refractivity contribution in [2.45, 2.75) is 20.4 Å². The molecule has 0 spiro atoms. The Labute approximate surface area is 119 Å². The Balaban J connectivity index is 2.45. The summed E-state index contributed by atoms with van der Waals surface area (Å²) in [5, 5.41) is 4.37. The van der Waals surface area contributed by atoms with Crippen LogP contribution in [0.2, 0.25) is 0 Å². The summed E-state index contributed by atoms with van der Waals surface area (Å²) in [5.74, 6) is 0.0571. The van der Waals surface area contributed by atoms with Crippen molar-refractivity contribution in [3.8, 4) is 11.3 Å². The molecule has 0 radical (unpaired) electrons. The maximum Gasteiger partial charge on any atom is 0.153 e. The monoisotopic (exact) mass is 324 g/mol. The first-order valence-electron chi connectivity index (χ1n) is 5.99. The third-order valence-corrected chi connectivity index (χ3v) is 3.31. The SMILES string of the molecule is CC(C)Cn1cc(C=O)c(-c2ccc(Br)c(F)c2)n1. The molecule has 0 aliphatic heterocycles. The quantitative estimate of drug-likeness (QED) is 0.799. The van der Waals surface area contributed by atoms with Gasteiger partial charge in [-0.2, -0.15) is 5.10 Å². The second-order valence-corrected chi connectivity index (χ2v) is 5.65. The van der Waals surface area contributed by atoms with Crippen molar-refractivity contribution in [1.29, 1.82) is 0 Å². The van der Waals surface area contributed by atoms with Crippen LogP contribution in [0.5, 0.6) is 0 Å². The number of nitrogens with zero attached hydrogens (tertiary/aromatic N) is 2. The standard InChI is InChI=1S/C14H14BrFN2O/c1-9(2)6-18-7-11(8-19)14(17-18)10-3-4-12(15)13(16)5-10/h3-5,7-9H,6H2,1-2H3. The van der Waals surface area contributed by atoms with Crippen LogP contribution in [-0.2, 0) is 6.54 Å². The summed E-state index contributed by atoms with van der Waals surface area (Å²) >= 11 is 3.11. The molecule has 1 heterocycles. The topological polar surface area (TPSA) is 34.9 Å². The predicted octanol–water partition coefficient (Wildman–Crippen LogP) is 3.92. The number of hydrogen-bond acceptors (Lipinski definition) is 2. The molecular formula is C14H14BrFN2O. The van der Waals surface area contributed by atoms with E-state index < -0.39 is 0 Å². The van der Waals surface area contributed by atoms with E-state index in [9.17, 15) is 9.18 Å². The number of hydrogen-bond donors (Lipinski definition) is 0. The number of halogens is 2. The predicted molar refractivity (Wildman–Crippen MR) is 75.5 cm³/mol. The zero-order valence-electron chi connectivity index (χ0n) is 10.7. The van der Waals surface area contributed by atoms with Crippen molar-refractivity contribution < 1.29 is 9.18 Å². The van der Waals surface area contributed by atoms with Crippen LogP contribution in [-0.4, -0.2) is 16.1 Å². The molecule has 0 aliphatic rings. The Morgan fingerprint density at radius 1 is 1.47 bits per heavy atom. The van der Waals surface area contributed by atoms with Gasteiger partial charge in [0.15, 0.2) is 6.29 Å². The molecule has 5 heteroatoms. The number of carbonyl (C=O) groups is 1. The highest BCUT2D eigenvalue weighted by Crippen LogP contribution is 2.25. The van der Waals surface area contributed by atoms with Crippen LogP contribution in [0.1, 0.15) is 24.2 Å². The molecule has 2 aromatic rings. The Kier molecular flexibility index (Phi) is 4.14. The van der Waals surface area contributed by atoms with Gasteiger partial charge in [-0.25, -0.2) is 4.39 Å². The van der Waals surface area contributed by atoms with Gasteiger partial charge in [0.25, 0.3) is 0 Å². The average molecular weight is 325 g/mol. The van der Waals surface area contributed by atoms with E-state index in [0.717, 1.165) is 12.8 Å². The molecule has 0 fully saturated rings. The molecule has 0 saturated carbocycles. The molecule has 1 aromatic carbocycles. The fourth-order valence-corrected chi connectivity index (χ4v) is 2.11. The number of aldehydes is 1. The summed E-state index contributed by atoms with van der Waals surface area (Å²) in [4.78, 5) is 11.1. The van der Waals surface area contributed by atoms with Crippen LogP contribution in [0.15, 0.2) is 28.9 Å². The van der Waals surface area contributed by atoms with E-state index in [2.05, 4.69) is 34.9 Å². The number of carbonyl (C=O) groups excluding carboxylic acids is 1. The van der Waals surface area contributed by atoms with Gasteiger partial charge >= 0.3 is 0 Å². The molecule has 19 heavy (non-hydrogen) atoms. The highest BCUT2D eigenvalue weighted by atomic mass is 79.9. The highest BCUT2D eigenvalue weighted by Gasteiger charge is 2.13. The van der Waals surface area contributed by atoms with E-state index in [1.807, 2.05) is 0 Å². The first-order chi connectivity index (χ1) is 9.01. The van der Waals surface area contributed by atoms with E-state index in [1.54, 1.807) is 23.0 Å². The maximum atomic E-state index is 13.5. The van der Waals surface area contributed by atoms with Crippen molar-refractivity contribution in [2.75, 3.05) is 0 Å². The molecule has 0 atom stereocenters. The van der Waals surface area contributed by atoms with Gasteiger partial charge in [0.1, 0.15) is 11.5 Å². The van der Waals surface area contributed by atoms with E-state index in [1.165, 1.54) is 6.07 Å². The zero-order valence-corrected chi connectivity index (χ0v) is 12.3. The van der Waals surface area contributed by atoms with Crippen molar-refractivity contribution in [3.63, 3.8) is 0 Å². The van der Waals surface area contributed by atoms with Gasteiger partial charge in [-0.05, 0) is 34.0 Å². The van der Waals surface area contributed by atoms with Gasteiger partial charge in [-0.1, -0.05) is 19.9 Å². The Morgan fingerprint density at radius 2 is 2.21 bits per heavy atom. The summed E-state index contributed by atoms with van der Waals surface area (Å²) < 4.78 is 15.7. The van der Waals surface area contributed by atoms with Gasteiger partial charge in [0.2, 0.25) is 0 Å². The first-order valence-corrected chi connectivity index (χ1v) is 6.78. The lowest BCUT2D eigenvalue weighted by atomic mass is 10.1. The fourth-order valence-electron chi connectivity index (χ4n) is 1.86. The van der Waals surface area contributed by atoms with E-state index in [0.29, 0.717) is 27.2 Å². The van der Waals surface area contributed by atoms with Gasteiger partial charge in [-0.15, -0.1) is 0 Å². The minimum atomic E-state index is -0.368. The van der Waals surface area contributed by atoms with Gasteiger partial charge in [-0.3, -0.25) is 9.48 Å². The molecule has 0 saturated heterocycles. The Bertz CT molecular complexity index is 607.